The van der Waals surface area contributed by atoms with Crippen LogP contribution < -0.4 is 10.6 Å². The number of hydrogen-bond acceptors (Lipinski definition) is 8. The molecule has 2 aliphatic heterocycles. The molecule has 3 fully saturated rings. The molecular weight excluding hydrogens is 556 g/mol. The molecule has 3 aliphatic rings. The van der Waals surface area contributed by atoms with Gasteiger partial charge in [-0.25, -0.2) is 0 Å². The molecule has 4 aromatic carbocycles. The minimum Gasteiger partial charge on any atom is -0.468 e. The number of benzene rings is 4. The van der Waals surface area contributed by atoms with Gasteiger partial charge in [0.05, 0.1) is 26.1 Å². The maximum Gasteiger partial charge on any atom is 0.326 e. The van der Waals surface area contributed by atoms with Gasteiger partial charge in [-0.15, -0.1) is 0 Å². The van der Waals surface area contributed by atoms with Crippen molar-refractivity contribution in [3.63, 3.8) is 0 Å². The maximum atomic E-state index is 15.0. The van der Waals surface area contributed by atoms with Gasteiger partial charge < -0.3 is 9.47 Å². The van der Waals surface area contributed by atoms with Crippen molar-refractivity contribution in [1.29, 1.82) is 0 Å². The second kappa shape index (κ2) is 10.1. The molecule has 0 spiro atoms. The summed E-state index contributed by atoms with van der Waals surface area (Å²) >= 11 is 0. The number of esters is 2. The summed E-state index contributed by atoms with van der Waals surface area (Å²) in [5.74, 6) is -5.59. The third kappa shape index (κ3) is 3.90. The highest BCUT2D eigenvalue weighted by Gasteiger charge is 2.72. The Kier molecular flexibility index (Phi) is 6.50. The highest BCUT2D eigenvalue weighted by Crippen LogP contribution is 2.57. The van der Waals surface area contributed by atoms with Gasteiger partial charge in [-0.1, -0.05) is 72.8 Å². The number of rotatable bonds is 4. The topological polar surface area (TPSA) is 111 Å². The van der Waals surface area contributed by atoms with Gasteiger partial charge >= 0.3 is 11.9 Å². The molecule has 7 rings (SSSR count). The predicted molar refractivity (Wildman–Crippen MR) is 164 cm³/mol. The summed E-state index contributed by atoms with van der Waals surface area (Å²) < 4.78 is 10.4. The molecule has 2 heterocycles. The summed E-state index contributed by atoms with van der Waals surface area (Å²) in [4.78, 5) is 56.7. The van der Waals surface area contributed by atoms with E-state index in [1.165, 1.54) is 14.2 Å². The lowest BCUT2D eigenvalue weighted by atomic mass is 9.58. The van der Waals surface area contributed by atoms with Crippen LogP contribution in [0.25, 0.3) is 21.5 Å². The number of ether oxygens (including phenoxy) is 2. The Morgan fingerprint density at radius 1 is 0.591 bits per heavy atom. The van der Waals surface area contributed by atoms with E-state index < -0.39 is 58.8 Å². The second-order valence-corrected chi connectivity index (χ2v) is 12.7. The van der Waals surface area contributed by atoms with Gasteiger partial charge in [0.15, 0.2) is 0 Å². The van der Waals surface area contributed by atoms with Crippen molar-refractivity contribution in [2.24, 2.45) is 23.7 Å². The lowest BCUT2D eigenvalue weighted by molar-refractivity contribution is -0.160. The lowest BCUT2D eigenvalue weighted by Crippen LogP contribution is -2.61. The first-order chi connectivity index (χ1) is 21.1. The van der Waals surface area contributed by atoms with Crippen molar-refractivity contribution < 1.29 is 28.7 Å². The van der Waals surface area contributed by atoms with E-state index in [0.717, 1.165) is 32.7 Å². The third-order valence-corrected chi connectivity index (χ3v) is 10.3. The molecule has 1 saturated carbocycles. The average molecular weight is 591 g/mol. The number of methoxy groups -OCH3 is 2. The molecule has 8 heteroatoms. The van der Waals surface area contributed by atoms with Gasteiger partial charge in [0.2, 0.25) is 0 Å². The Hall–Kier alpha value is -4.40. The summed E-state index contributed by atoms with van der Waals surface area (Å²) in [7, 11) is 2.55. The fourth-order valence-electron chi connectivity index (χ4n) is 8.28. The molecule has 224 valence electrons. The van der Waals surface area contributed by atoms with Crippen molar-refractivity contribution in [1.82, 2.24) is 10.6 Å². The summed E-state index contributed by atoms with van der Waals surface area (Å²) in [6.45, 7) is 3.25. The molecule has 8 atom stereocenters. The fraction of sp³-hybridized carbons (Fsp3) is 0.333. The summed E-state index contributed by atoms with van der Waals surface area (Å²) in [6, 6.07) is 26.4. The van der Waals surface area contributed by atoms with Gasteiger partial charge in [0.1, 0.15) is 22.6 Å². The maximum absolute atomic E-state index is 15.0. The number of carbonyl (C=O) groups excluding carboxylic acids is 4. The number of ketones is 2. The molecule has 4 aromatic rings. The van der Waals surface area contributed by atoms with E-state index in [0.29, 0.717) is 0 Å². The van der Waals surface area contributed by atoms with Gasteiger partial charge in [-0.2, -0.15) is 0 Å². The normalized spacial score (nSPS) is 32.8. The zero-order valence-electron chi connectivity index (χ0n) is 25.0. The first-order valence-corrected chi connectivity index (χ1v) is 14.9. The van der Waals surface area contributed by atoms with Crippen LogP contribution in [0.5, 0.6) is 0 Å². The summed E-state index contributed by atoms with van der Waals surface area (Å²) in [5, 5.41) is 10.8. The van der Waals surface area contributed by atoms with Crippen LogP contribution in [0, 0.1) is 23.7 Å². The molecule has 0 radical (unpaired) electrons. The molecular formula is C36H34N2O6. The van der Waals surface area contributed by atoms with Gasteiger partial charge in [0.25, 0.3) is 0 Å². The fourth-order valence-corrected chi connectivity index (χ4v) is 8.28. The van der Waals surface area contributed by atoms with Crippen LogP contribution in [0.2, 0.25) is 0 Å². The third-order valence-electron chi connectivity index (χ3n) is 10.3. The minimum atomic E-state index is -1.49. The van der Waals surface area contributed by atoms with E-state index in [2.05, 4.69) is 10.6 Å². The largest absolute Gasteiger partial charge is 0.468 e. The average Bonchev–Trinajstić information content (AvgIpc) is 3.56. The zero-order valence-corrected chi connectivity index (χ0v) is 25.0. The first kappa shape index (κ1) is 28.4. The number of hydrogen-bond donors (Lipinski definition) is 2. The Morgan fingerprint density at radius 2 is 0.977 bits per heavy atom. The molecule has 1 aliphatic carbocycles. The van der Waals surface area contributed by atoms with E-state index in [4.69, 9.17) is 9.47 Å². The zero-order chi connectivity index (χ0) is 31.0. The van der Waals surface area contributed by atoms with Gasteiger partial charge in [0, 0.05) is 23.9 Å². The van der Waals surface area contributed by atoms with E-state index in [-0.39, 0.29) is 11.6 Å². The summed E-state index contributed by atoms with van der Waals surface area (Å²) in [6.07, 6.45) is 0. The van der Waals surface area contributed by atoms with Crippen LogP contribution >= 0.6 is 0 Å². The van der Waals surface area contributed by atoms with Crippen molar-refractivity contribution in [2.75, 3.05) is 14.2 Å². The monoisotopic (exact) mass is 590 g/mol. The molecule has 0 bridgehead atoms. The molecule has 2 saturated heterocycles. The second-order valence-electron chi connectivity index (χ2n) is 12.7. The van der Waals surface area contributed by atoms with Crippen LogP contribution in [-0.2, 0) is 28.7 Å². The van der Waals surface area contributed by atoms with E-state index >= 15 is 0 Å². The molecule has 8 nitrogen and oxygen atoms in total. The number of nitrogens with one attached hydrogen (secondary N) is 2. The molecule has 2 N–H and O–H groups in total. The van der Waals surface area contributed by atoms with Crippen LogP contribution in [-0.4, -0.2) is 48.8 Å². The molecule has 44 heavy (non-hydrogen) atoms. The first-order valence-electron chi connectivity index (χ1n) is 14.9. The van der Waals surface area contributed by atoms with E-state index in [9.17, 15) is 19.2 Å². The van der Waals surface area contributed by atoms with Crippen molar-refractivity contribution >= 4 is 45.0 Å². The molecule has 0 unspecified atom stereocenters. The standard InChI is InChI=1S/C36H34N2O6/c1-35(33(41)43-3)27-25(29(37-35)23-15-13-19-9-5-7-11-21(19)17-23)31(39)26-28(32(27)40)36(2,34(42)44-4)38-30(26)24-16-14-20-10-6-8-12-22(20)18-24/h5-18,25-30,37-38H,1-4H3/t25-,26-,27-,28-,29-,30-,35-,36-/m0/s1. The van der Waals surface area contributed by atoms with Crippen molar-refractivity contribution in [3.8, 4) is 0 Å². The van der Waals surface area contributed by atoms with E-state index in [1.54, 1.807) is 13.8 Å². The van der Waals surface area contributed by atoms with Gasteiger partial charge in [-0.05, 0) is 58.7 Å². The molecule has 0 amide bonds. The van der Waals surface area contributed by atoms with Crippen LogP contribution in [0.4, 0.5) is 0 Å². The summed E-state index contributed by atoms with van der Waals surface area (Å²) in [5.41, 5.74) is -1.39. The van der Waals surface area contributed by atoms with Crippen LogP contribution in [0.3, 0.4) is 0 Å². The van der Waals surface area contributed by atoms with Crippen molar-refractivity contribution in [2.45, 2.75) is 37.0 Å². The smallest absolute Gasteiger partial charge is 0.326 e. The van der Waals surface area contributed by atoms with Crippen LogP contribution in [0.1, 0.15) is 37.1 Å². The highest BCUT2D eigenvalue weighted by molar-refractivity contribution is 6.08. The SMILES string of the molecule is COC(=O)[C@@]1(C)N[C@@H](c2ccc3ccccc3c2)[C@H]2C(=O)[C@H]3[C@@H](C(=O)[C@H]21)[C@@](C)(C(=O)OC)N[C@H]3c1ccc2ccccc2c1. The Balaban J connectivity index is 1.40. The number of fused-ring (bicyclic) bond motifs is 4. The lowest BCUT2D eigenvalue weighted by Gasteiger charge is -2.41. The Morgan fingerprint density at radius 3 is 1.36 bits per heavy atom. The van der Waals surface area contributed by atoms with E-state index in [1.807, 2.05) is 84.9 Å². The Bertz CT molecular complexity index is 1740. The molecule has 0 aromatic heterocycles. The number of carbonyl (C=O) groups is 4. The van der Waals surface area contributed by atoms with Crippen LogP contribution in [0.15, 0.2) is 84.9 Å². The van der Waals surface area contributed by atoms with Crippen molar-refractivity contribution in [3.05, 3.63) is 96.1 Å². The minimum absolute atomic E-state index is 0.170. The highest BCUT2D eigenvalue weighted by atomic mass is 16.5. The Labute approximate surface area is 255 Å². The quantitative estimate of drug-likeness (QED) is 0.335. The van der Waals surface area contributed by atoms with Gasteiger partial charge in [-0.3, -0.25) is 29.8 Å². The number of Topliss-reactive ketones (excluding diaryl/α,β-unsaturated/α-hetero) is 2. The predicted octanol–water partition coefficient (Wildman–Crippen LogP) is 4.46.